The molecule has 2 aromatic rings. The van der Waals surface area contributed by atoms with Crippen molar-refractivity contribution in [1.29, 1.82) is 0 Å². The summed E-state index contributed by atoms with van der Waals surface area (Å²) in [7, 11) is 0. The van der Waals surface area contributed by atoms with Crippen molar-refractivity contribution in [2.45, 2.75) is 31.0 Å². The molecule has 0 unspecified atom stereocenters. The molecule has 6 heteroatoms. The van der Waals surface area contributed by atoms with Gasteiger partial charge in [-0.25, -0.2) is 10.4 Å². The van der Waals surface area contributed by atoms with E-state index < -0.39 is 0 Å². The van der Waals surface area contributed by atoms with Gasteiger partial charge >= 0.3 is 0 Å². The minimum absolute atomic E-state index is 0.0959. The summed E-state index contributed by atoms with van der Waals surface area (Å²) in [6.07, 6.45) is 3.90. The lowest BCUT2D eigenvalue weighted by Gasteiger charge is -2.04. The molecule has 0 fully saturated rings. The number of hydrogen-bond donors (Lipinski definition) is 1. The summed E-state index contributed by atoms with van der Waals surface area (Å²) in [5.74, 6) is 0.670. The van der Waals surface area contributed by atoms with Gasteiger partial charge in [0, 0.05) is 6.21 Å². The van der Waals surface area contributed by atoms with E-state index in [1.165, 1.54) is 11.8 Å². The fourth-order valence-electron chi connectivity index (χ4n) is 1.79. The molecule has 0 spiro atoms. The third kappa shape index (κ3) is 4.82. The second-order valence-corrected chi connectivity index (χ2v) is 6.88. The van der Waals surface area contributed by atoms with Crippen LogP contribution < -0.4 is 5.43 Å². The number of aromatic nitrogens is 1. The Morgan fingerprint density at radius 1 is 1.43 bits per heavy atom. The molecule has 0 aliphatic rings. The molecule has 0 saturated heterocycles. The van der Waals surface area contributed by atoms with Crippen molar-refractivity contribution in [1.82, 2.24) is 10.4 Å². The van der Waals surface area contributed by atoms with Crippen LogP contribution in [-0.4, -0.2) is 22.9 Å². The smallest absolute Gasteiger partial charge is 0.250 e. The van der Waals surface area contributed by atoms with Crippen LogP contribution in [0.1, 0.15) is 26.7 Å². The average molecular weight is 321 g/mol. The Balaban J connectivity index is 1.81. The number of hydrogen-bond acceptors (Lipinski definition) is 5. The van der Waals surface area contributed by atoms with Gasteiger partial charge in [-0.2, -0.15) is 5.10 Å². The Labute approximate surface area is 133 Å². The van der Waals surface area contributed by atoms with Gasteiger partial charge in [-0.05, 0) is 30.9 Å². The number of carbonyl (C=O) groups is 1. The van der Waals surface area contributed by atoms with E-state index >= 15 is 0 Å². The van der Waals surface area contributed by atoms with Crippen molar-refractivity contribution < 1.29 is 4.79 Å². The summed E-state index contributed by atoms with van der Waals surface area (Å²) < 4.78 is 2.06. The number of hydrazone groups is 1. The van der Waals surface area contributed by atoms with Crippen LogP contribution in [0.5, 0.6) is 0 Å². The molecule has 21 heavy (non-hydrogen) atoms. The Morgan fingerprint density at radius 2 is 2.19 bits per heavy atom. The van der Waals surface area contributed by atoms with Gasteiger partial charge < -0.3 is 0 Å². The van der Waals surface area contributed by atoms with Crippen LogP contribution in [0.25, 0.3) is 10.2 Å². The molecule has 0 bridgehead atoms. The number of amides is 1. The lowest BCUT2D eigenvalue weighted by molar-refractivity contribution is -0.118. The monoisotopic (exact) mass is 321 g/mol. The molecule has 1 heterocycles. The fraction of sp³-hybridized carbons (Fsp3) is 0.400. The lowest BCUT2D eigenvalue weighted by Crippen LogP contribution is -2.20. The van der Waals surface area contributed by atoms with Crippen LogP contribution in [0.2, 0.25) is 0 Å². The van der Waals surface area contributed by atoms with E-state index in [1.807, 2.05) is 30.5 Å². The van der Waals surface area contributed by atoms with Crippen LogP contribution in [0, 0.1) is 5.92 Å². The number of thiazole rings is 1. The van der Waals surface area contributed by atoms with Crippen molar-refractivity contribution in [3.63, 3.8) is 0 Å². The van der Waals surface area contributed by atoms with Crippen LogP contribution in [0.3, 0.4) is 0 Å². The fourth-order valence-corrected chi connectivity index (χ4v) is 3.65. The topological polar surface area (TPSA) is 54.4 Å². The van der Waals surface area contributed by atoms with E-state index in [0.29, 0.717) is 11.7 Å². The normalized spacial score (nSPS) is 11.6. The number of benzene rings is 1. The molecule has 1 amide bonds. The maximum atomic E-state index is 11.7. The van der Waals surface area contributed by atoms with E-state index in [1.54, 1.807) is 11.3 Å². The van der Waals surface area contributed by atoms with Crippen LogP contribution in [0.15, 0.2) is 33.7 Å². The number of rotatable bonds is 7. The number of thioether (sulfide) groups is 1. The minimum atomic E-state index is -0.0959. The number of carbonyl (C=O) groups excluding carboxylic acids is 1. The minimum Gasteiger partial charge on any atom is -0.272 e. The lowest BCUT2D eigenvalue weighted by atomic mass is 10.1. The molecular weight excluding hydrogens is 302 g/mol. The van der Waals surface area contributed by atoms with Crippen molar-refractivity contribution in [3.8, 4) is 0 Å². The quantitative estimate of drug-likeness (QED) is 0.477. The number of fused-ring (bicyclic) bond motifs is 1. The number of nitrogens with one attached hydrogen (secondary N) is 1. The summed E-state index contributed by atoms with van der Waals surface area (Å²) in [6.45, 7) is 4.23. The molecule has 0 atom stereocenters. The molecule has 0 aliphatic carbocycles. The van der Waals surface area contributed by atoms with Gasteiger partial charge in [-0.3, -0.25) is 4.79 Å². The molecule has 112 valence electrons. The van der Waals surface area contributed by atoms with Gasteiger partial charge in [0.1, 0.15) is 0 Å². The van der Waals surface area contributed by atoms with E-state index in [-0.39, 0.29) is 5.91 Å². The molecule has 0 saturated carbocycles. The molecule has 4 nitrogen and oxygen atoms in total. The van der Waals surface area contributed by atoms with Crippen molar-refractivity contribution in [2.75, 3.05) is 5.75 Å². The largest absolute Gasteiger partial charge is 0.272 e. The number of nitrogens with zero attached hydrogens (tertiary/aromatic N) is 2. The third-order valence-electron chi connectivity index (χ3n) is 3.12. The first-order valence-corrected chi connectivity index (χ1v) is 8.83. The summed E-state index contributed by atoms with van der Waals surface area (Å²) in [5, 5.41) is 4.01. The highest BCUT2D eigenvalue weighted by atomic mass is 32.2. The zero-order chi connectivity index (χ0) is 15.1. The zero-order valence-electron chi connectivity index (χ0n) is 12.2. The SMILES string of the molecule is CCC(/C=N/NC(=O)CSc1nc2ccccc2s1)CC. The Kier molecular flexibility index (Phi) is 6.20. The van der Waals surface area contributed by atoms with E-state index in [2.05, 4.69) is 29.4 Å². The molecule has 1 N–H and O–H groups in total. The Bertz CT molecular complexity index is 587. The van der Waals surface area contributed by atoms with Gasteiger partial charge in [0.15, 0.2) is 4.34 Å². The van der Waals surface area contributed by atoms with Crippen LogP contribution >= 0.6 is 23.1 Å². The average Bonchev–Trinajstić information content (AvgIpc) is 2.92. The summed E-state index contributed by atoms with van der Waals surface area (Å²) >= 11 is 3.05. The molecular formula is C15H19N3OS2. The first-order chi connectivity index (χ1) is 10.2. The van der Waals surface area contributed by atoms with Crippen molar-refractivity contribution in [3.05, 3.63) is 24.3 Å². The van der Waals surface area contributed by atoms with Gasteiger partial charge in [0.25, 0.3) is 0 Å². The summed E-state index contributed by atoms with van der Waals surface area (Å²) in [6, 6.07) is 7.98. The first kappa shape index (κ1) is 16.0. The maximum Gasteiger partial charge on any atom is 0.250 e. The van der Waals surface area contributed by atoms with E-state index in [4.69, 9.17) is 0 Å². The van der Waals surface area contributed by atoms with Crippen LogP contribution in [0.4, 0.5) is 0 Å². The molecule has 1 aromatic heterocycles. The van der Waals surface area contributed by atoms with Gasteiger partial charge in [0.2, 0.25) is 5.91 Å². The van der Waals surface area contributed by atoms with E-state index in [0.717, 1.165) is 27.4 Å². The molecule has 2 rings (SSSR count). The van der Waals surface area contributed by atoms with Gasteiger partial charge in [-0.1, -0.05) is 37.7 Å². The molecule has 1 aromatic carbocycles. The zero-order valence-corrected chi connectivity index (χ0v) is 13.8. The van der Waals surface area contributed by atoms with Crippen molar-refractivity contribution in [2.24, 2.45) is 11.0 Å². The first-order valence-electron chi connectivity index (χ1n) is 7.03. The standard InChI is InChI=1S/C15H19N3OS2/c1-3-11(4-2)9-16-18-14(19)10-20-15-17-12-7-5-6-8-13(12)21-15/h5-9,11H,3-4,10H2,1-2H3,(H,18,19)/b16-9+. The highest BCUT2D eigenvalue weighted by Crippen LogP contribution is 2.28. The highest BCUT2D eigenvalue weighted by Gasteiger charge is 2.07. The third-order valence-corrected chi connectivity index (χ3v) is 5.30. The highest BCUT2D eigenvalue weighted by molar-refractivity contribution is 8.01. The van der Waals surface area contributed by atoms with Crippen molar-refractivity contribution >= 4 is 45.4 Å². The molecule has 0 aliphatic heterocycles. The van der Waals surface area contributed by atoms with E-state index in [9.17, 15) is 4.79 Å². The van der Waals surface area contributed by atoms with Gasteiger partial charge in [0.05, 0.1) is 16.0 Å². The van der Waals surface area contributed by atoms with Crippen LogP contribution in [-0.2, 0) is 4.79 Å². The second kappa shape index (κ2) is 8.14. The Hall–Kier alpha value is -1.40. The predicted octanol–water partition coefficient (Wildman–Crippen LogP) is 3.93. The van der Waals surface area contributed by atoms with Gasteiger partial charge in [-0.15, -0.1) is 11.3 Å². The Morgan fingerprint density at radius 3 is 2.90 bits per heavy atom. The summed E-state index contributed by atoms with van der Waals surface area (Å²) in [5.41, 5.74) is 3.56. The summed E-state index contributed by atoms with van der Waals surface area (Å²) in [4.78, 5) is 16.2. The molecule has 0 radical (unpaired) electrons. The number of para-hydroxylation sites is 1. The maximum absolute atomic E-state index is 11.7. The second-order valence-electron chi connectivity index (χ2n) is 4.63. The predicted molar refractivity (Wildman–Crippen MR) is 91.1 cm³/mol.